The first-order chi connectivity index (χ1) is 8.65. The van der Waals surface area contributed by atoms with Gasteiger partial charge in [0.15, 0.2) is 0 Å². The molecule has 0 radical (unpaired) electrons. The van der Waals surface area contributed by atoms with Crippen LogP contribution in [0.4, 0.5) is 0 Å². The maximum Gasteiger partial charge on any atom is 2.00 e. The number of hydrogen-bond acceptors (Lipinski definition) is 4. The second-order valence-electron chi connectivity index (χ2n) is 3.43. The molecule has 0 aliphatic heterocycles. The third kappa shape index (κ3) is 10.2. The van der Waals surface area contributed by atoms with Crippen LogP contribution < -0.4 is 24.8 Å². The van der Waals surface area contributed by atoms with Gasteiger partial charge >= 0.3 is 26.2 Å². The zero-order valence-corrected chi connectivity index (χ0v) is 14.7. The number of hydrogen-bond donors (Lipinski definition) is 2. The van der Waals surface area contributed by atoms with Crippen molar-refractivity contribution in [2.45, 2.75) is 0 Å². The average molecular weight is 406 g/mol. The van der Waals surface area contributed by atoms with Crippen molar-refractivity contribution >= 4 is 12.6 Å². The molecule has 2 aromatic rings. The summed E-state index contributed by atoms with van der Waals surface area (Å²) in [5, 5.41) is 17.6. The minimum Gasteiger partial charge on any atom is -1.00 e. The molecule has 0 aliphatic carbocycles. The second-order valence-corrected chi connectivity index (χ2v) is 3.43. The van der Waals surface area contributed by atoms with Crippen LogP contribution in [-0.4, -0.2) is 22.8 Å². The van der Waals surface area contributed by atoms with Crippen molar-refractivity contribution in [2.24, 2.45) is 0 Å². The molecule has 110 valence electrons. The van der Waals surface area contributed by atoms with Gasteiger partial charge in [-0.1, -0.05) is 24.3 Å². The average Bonchev–Trinajstić information content (AvgIpc) is 2.39. The Kier molecular flexibility index (Phi) is 16.3. The minimum absolute atomic E-state index is 0. The molecule has 0 aliphatic rings. The summed E-state index contributed by atoms with van der Waals surface area (Å²) in [5.74, 6) is 0.249. The van der Waals surface area contributed by atoms with E-state index in [1.807, 2.05) is 0 Å². The molecule has 2 rings (SSSR count). The Labute approximate surface area is 154 Å². The largest absolute Gasteiger partial charge is 2.00 e. The van der Waals surface area contributed by atoms with E-state index in [1.54, 1.807) is 24.3 Å². The van der Waals surface area contributed by atoms with Crippen LogP contribution in [0.5, 0.6) is 11.5 Å². The monoisotopic (exact) mass is 404 g/mol. The van der Waals surface area contributed by atoms with Gasteiger partial charge in [-0.2, -0.15) is 0 Å². The Hall–Kier alpha value is -1.16. The van der Waals surface area contributed by atoms with Gasteiger partial charge in [-0.05, 0) is 24.3 Å². The van der Waals surface area contributed by atoms with E-state index in [4.69, 9.17) is 10.2 Å². The molecule has 0 atom stereocenters. The van der Waals surface area contributed by atoms with Gasteiger partial charge in [0.2, 0.25) is 0 Å². The van der Waals surface area contributed by atoms with Crippen molar-refractivity contribution in [3.8, 4) is 11.5 Å². The Bertz CT molecular complexity index is 501. The van der Waals surface area contributed by atoms with E-state index < -0.39 is 0 Å². The van der Waals surface area contributed by atoms with Gasteiger partial charge in [-0.15, -0.1) is 0 Å². The molecule has 0 saturated heterocycles. The van der Waals surface area contributed by atoms with E-state index >= 15 is 0 Å². The summed E-state index contributed by atoms with van der Waals surface area (Å²) in [6.07, 6.45) is 1.39. The first kappa shape index (κ1) is 24.8. The summed E-state index contributed by atoms with van der Waals surface area (Å²) in [5.41, 5.74) is 0.991. The normalized spacial score (nSPS) is 7.62. The zero-order valence-electron chi connectivity index (χ0n) is 10.7. The van der Waals surface area contributed by atoms with Gasteiger partial charge in [0.05, 0.1) is 0 Å². The van der Waals surface area contributed by atoms with Crippen LogP contribution in [0, 0.1) is 0 Å². The fourth-order valence-corrected chi connectivity index (χ4v) is 1.20. The van der Waals surface area contributed by atoms with Crippen LogP contribution in [-0.2, 0) is 26.2 Å². The van der Waals surface area contributed by atoms with Crippen molar-refractivity contribution in [2.75, 3.05) is 0 Å². The maximum atomic E-state index is 10.0. The first-order valence-corrected chi connectivity index (χ1v) is 5.14. The predicted octanol–water partition coefficient (Wildman–Crippen LogP) is -3.59. The van der Waals surface area contributed by atoms with Gasteiger partial charge in [0, 0.05) is 11.1 Å². The van der Waals surface area contributed by atoms with E-state index in [0.717, 1.165) is 0 Å². The van der Waals surface area contributed by atoms with Gasteiger partial charge in [0.1, 0.15) is 24.1 Å². The van der Waals surface area contributed by atoms with Crippen LogP contribution in [0.2, 0.25) is 0 Å². The molecule has 0 aromatic heterocycles. The van der Waals surface area contributed by atoms with E-state index in [-0.39, 0.29) is 62.5 Å². The van der Waals surface area contributed by atoms with Crippen LogP contribution in [0.25, 0.3) is 0 Å². The molecule has 0 spiro atoms. The van der Waals surface area contributed by atoms with Crippen LogP contribution in [0.15, 0.2) is 48.5 Å². The van der Waals surface area contributed by atoms with E-state index in [9.17, 15) is 9.59 Å². The number of carbonyl (C=O) groups is 2. The van der Waals surface area contributed by atoms with Gasteiger partial charge in [-0.25, -0.2) is 0 Å². The molecule has 7 heteroatoms. The molecule has 0 saturated carbocycles. The SMILES string of the molecule is O=Cc1cccc(O)c1.O=Cc1cccc(O)c1.[Cl-].[Cl-].[Zr+2]. The number of phenols is 2. The van der Waals surface area contributed by atoms with E-state index in [0.29, 0.717) is 23.7 Å². The van der Waals surface area contributed by atoms with Crippen LogP contribution in [0.1, 0.15) is 20.7 Å². The van der Waals surface area contributed by atoms with Crippen molar-refractivity contribution in [1.82, 2.24) is 0 Å². The van der Waals surface area contributed by atoms with E-state index in [2.05, 4.69) is 0 Å². The number of phenolic OH excluding ortho intramolecular Hbond substituents is 2. The molecule has 0 fully saturated rings. The molecule has 0 bridgehead atoms. The summed E-state index contributed by atoms with van der Waals surface area (Å²) in [7, 11) is 0. The van der Waals surface area contributed by atoms with Crippen molar-refractivity contribution < 1.29 is 70.8 Å². The predicted molar refractivity (Wildman–Crippen MR) is 67.0 cm³/mol. The van der Waals surface area contributed by atoms with E-state index in [1.165, 1.54) is 24.3 Å². The smallest absolute Gasteiger partial charge is 1.00 e. The molecule has 21 heavy (non-hydrogen) atoms. The fraction of sp³-hybridized carbons (Fsp3) is 0. The molecule has 2 aromatic carbocycles. The summed E-state index contributed by atoms with van der Waals surface area (Å²) in [4.78, 5) is 20.1. The Morgan fingerprint density at radius 2 is 1.05 bits per heavy atom. The van der Waals surface area contributed by atoms with Crippen molar-refractivity contribution in [1.29, 1.82) is 0 Å². The third-order valence-electron chi connectivity index (χ3n) is 2.01. The molecular formula is C14H12Cl2O4Zr. The Morgan fingerprint density at radius 3 is 1.24 bits per heavy atom. The number of benzene rings is 2. The Morgan fingerprint density at radius 1 is 0.714 bits per heavy atom. The third-order valence-corrected chi connectivity index (χ3v) is 2.01. The Balaban J connectivity index is -0.000000270. The molecule has 0 amide bonds. The molecule has 0 heterocycles. The molecular weight excluding hydrogens is 394 g/mol. The van der Waals surface area contributed by atoms with Crippen molar-refractivity contribution in [3.05, 3.63) is 59.7 Å². The first-order valence-electron chi connectivity index (χ1n) is 5.14. The minimum atomic E-state index is 0. The standard InChI is InChI=1S/2C7H6O2.2ClH.Zr/c2*8-5-6-2-1-3-7(9)4-6;;;/h2*1-5,9H;2*1H;/q;;;;+2/p-2. The zero-order chi connectivity index (χ0) is 13.4. The van der Waals surface area contributed by atoms with Gasteiger partial charge < -0.3 is 35.0 Å². The van der Waals surface area contributed by atoms with Crippen LogP contribution in [0.3, 0.4) is 0 Å². The molecule has 4 nitrogen and oxygen atoms in total. The number of carbonyl (C=O) groups excluding carboxylic acids is 2. The number of aromatic hydroxyl groups is 2. The topological polar surface area (TPSA) is 74.6 Å². The number of halogens is 2. The molecule has 0 unspecified atom stereocenters. The second kappa shape index (κ2) is 13.8. The fourth-order valence-electron chi connectivity index (χ4n) is 1.20. The summed E-state index contributed by atoms with van der Waals surface area (Å²) in [6.45, 7) is 0. The number of rotatable bonds is 2. The van der Waals surface area contributed by atoms with Gasteiger partial charge in [-0.3, -0.25) is 9.59 Å². The quantitative estimate of drug-likeness (QED) is 0.506. The van der Waals surface area contributed by atoms with Crippen LogP contribution >= 0.6 is 0 Å². The van der Waals surface area contributed by atoms with Crippen molar-refractivity contribution in [3.63, 3.8) is 0 Å². The summed E-state index contributed by atoms with van der Waals surface area (Å²) >= 11 is 0. The van der Waals surface area contributed by atoms with Gasteiger partial charge in [0.25, 0.3) is 0 Å². The maximum absolute atomic E-state index is 10.0. The summed E-state index contributed by atoms with van der Waals surface area (Å²) < 4.78 is 0. The number of aldehydes is 2. The molecule has 2 N–H and O–H groups in total. The summed E-state index contributed by atoms with van der Waals surface area (Å²) in [6, 6.07) is 12.4.